The summed E-state index contributed by atoms with van der Waals surface area (Å²) < 4.78 is 11.0. The monoisotopic (exact) mass is 513 g/mol. The lowest BCUT2D eigenvalue weighted by molar-refractivity contribution is -0.163. The SMILES string of the molecule is C[C@H](NCCC(C(=O)OC(C)(C)C=O)c1c[nH]c2ccccc12)C(=O)N1CCC[C@H]1C(=O)OC(C)(C)C. The van der Waals surface area contributed by atoms with Gasteiger partial charge in [0.1, 0.15) is 11.6 Å². The van der Waals surface area contributed by atoms with Gasteiger partial charge in [0.15, 0.2) is 11.9 Å². The van der Waals surface area contributed by atoms with Crippen LogP contribution in [-0.2, 0) is 28.7 Å². The third kappa shape index (κ3) is 7.19. The Morgan fingerprint density at radius 3 is 2.54 bits per heavy atom. The minimum atomic E-state index is -1.25. The number of aldehydes is 1. The number of aromatic amines is 1. The van der Waals surface area contributed by atoms with Gasteiger partial charge in [-0.05, 0) is 79.0 Å². The Balaban J connectivity index is 1.68. The Kier molecular flexibility index (Phi) is 8.79. The molecule has 202 valence electrons. The van der Waals surface area contributed by atoms with E-state index in [0.717, 1.165) is 22.9 Å². The highest BCUT2D eigenvalue weighted by molar-refractivity contribution is 5.91. The zero-order valence-corrected chi connectivity index (χ0v) is 22.6. The van der Waals surface area contributed by atoms with Crippen LogP contribution >= 0.6 is 0 Å². The molecule has 2 heterocycles. The van der Waals surface area contributed by atoms with E-state index in [4.69, 9.17) is 9.47 Å². The predicted octanol–water partition coefficient (Wildman–Crippen LogP) is 3.47. The van der Waals surface area contributed by atoms with Gasteiger partial charge in [0, 0.05) is 23.6 Å². The number of hydrogen-bond donors (Lipinski definition) is 2. The largest absolute Gasteiger partial charge is 0.458 e. The topological polar surface area (TPSA) is 118 Å². The second-order valence-corrected chi connectivity index (χ2v) is 11.2. The van der Waals surface area contributed by atoms with Crippen LogP contribution in [-0.4, -0.2) is 70.4 Å². The van der Waals surface area contributed by atoms with E-state index in [0.29, 0.717) is 32.2 Å². The third-order valence-corrected chi connectivity index (χ3v) is 6.40. The number of carbonyl (C=O) groups excluding carboxylic acids is 4. The van der Waals surface area contributed by atoms with Crippen LogP contribution in [0, 0.1) is 0 Å². The highest BCUT2D eigenvalue weighted by Crippen LogP contribution is 2.30. The number of para-hydroxylation sites is 1. The van der Waals surface area contributed by atoms with Crippen molar-refractivity contribution >= 4 is 35.0 Å². The molecular formula is C28H39N3O6. The predicted molar refractivity (Wildman–Crippen MR) is 140 cm³/mol. The van der Waals surface area contributed by atoms with E-state index in [2.05, 4.69) is 10.3 Å². The maximum absolute atomic E-state index is 13.2. The molecule has 0 radical (unpaired) electrons. The van der Waals surface area contributed by atoms with Crippen LogP contribution in [0.4, 0.5) is 0 Å². The van der Waals surface area contributed by atoms with Gasteiger partial charge in [0.2, 0.25) is 5.91 Å². The van der Waals surface area contributed by atoms with Gasteiger partial charge in [-0.3, -0.25) is 14.4 Å². The number of H-pyrrole nitrogens is 1. The molecule has 0 bridgehead atoms. The van der Waals surface area contributed by atoms with E-state index in [1.807, 2.05) is 45.0 Å². The molecule has 1 aromatic carbocycles. The van der Waals surface area contributed by atoms with Crippen LogP contribution in [0.2, 0.25) is 0 Å². The van der Waals surface area contributed by atoms with Gasteiger partial charge in [-0.1, -0.05) is 18.2 Å². The second kappa shape index (κ2) is 11.5. The maximum atomic E-state index is 13.2. The summed E-state index contributed by atoms with van der Waals surface area (Å²) >= 11 is 0. The molecule has 1 saturated heterocycles. The molecule has 0 saturated carbocycles. The molecule has 9 nitrogen and oxygen atoms in total. The fourth-order valence-corrected chi connectivity index (χ4v) is 4.56. The van der Waals surface area contributed by atoms with Crippen molar-refractivity contribution in [3.05, 3.63) is 36.0 Å². The quantitative estimate of drug-likeness (QED) is 0.369. The molecule has 3 rings (SSSR count). The molecule has 1 unspecified atom stereocenters. The van der Waals surface area contributed by atoms with E-state index in [-0.39, 0.29) is 11.9 Å². The first-order valence-electron chi connectivity index (χ1n) is 12.8. The summed E-state index contributed by atoms with van der Waals surface area (Å²) in [7, 11) is 0. The first-order valence-corrected chi connectivity index (χ1v) is 12.8. The van der Waals surface area contributed by atoms with Crippen molar-refractivity contribution in [3.8, 4) is 0 Å². The Labute approximate surface area is 218 Å². The van der Waals surface area contributed by atoms with Crippen molar-refractivity contribution in [1.29, 1.82) is 0 Å². The number of hydrogen-bond acceptors (Lipinski definition) is 7. The Morgan fingerprint density at radius 2 is 1.86 bits per heavy atom. The molecule has 1 aromatic heterocycles. The first kappa shape index (κ1) is 28.4. The second-order valence-electron chi connectivity index (χ2n) is 11.2. The fourth-order valence-electron chi connectivity index (χ4n) is 4.56. The number of carbonyl (C=O) groups is 4. The Hall–Kier alpha value is -3.20. The zero-order chi connectivity index (χ0) is 27.4. The van der Waals surface area contributed by atoms with E-state index < -0.39 is 35.2 Å². The van der Waals surface area contributed by atoms with E-state index >= 15 is 0 Å². The summed E-state index contributed by atoms with van der Waals surface area (Å²) in [5.74, 6) is -1.72. The minimum absolute atomic E-state index is 0.179. The van der Waals surface area contributed by atoms with Crippen molar-refractivity contribution < 1.29 is 28.7 Å². The highest BCUT2D eigenvalue weighted by atomic mass is 16.6. The molecule has 2 aromatic rings. The van der Waals surface area contributed by atoms with E-state index in [9.17, 15) is 19.2 Å². The van der Waals surface area contributed by atoms with Gasteiger partial charge in [0.05, 0.1) is 12.0 Å². The lowest BCUT2D eigenvalue weighted by atomic mass is 9.94. The first-order chi connectivity index (χ1) is 17.3. The minimum Gasteiger partial charge on any atom is -0.458 e. The van der Waals surface area contributed by atoms with Gasteiger partial charge < -0.3 is 24.7 Å². The number of nitrogens with zero attached hydrogens (tertiary/aromatic N) is 1. The van der Waals surface area contributed by atoms with Crippen molar-refractivity contribution in [2.45, 2.75) is 90.0 Å². The van der Waals surface area contributed by atoms with Crippen molar-refractivity contribution in [3.63, 3.8) is 0 Å². The molecule has 2 N–H and O–H groups in total. The van der Waals surface area contributed by atoms with Crippen LogP contribution in [0.5, 0.6) is 0 Å². The van der Waals surface area contributed by atoms with Crippen molar-refractivity contribution in [2.24, 2.45) is 0 Å². The number of benzene rings is 1. The molecule has 3 atom stereocenters. The van der Waals surface area contributed by atoms with Crippen LogP contribution in [0.15, 0.2) is 30.5 Å². The average Bonchev–Trinajstić information content (AvgIpc) is 3.47. The highest BCUT2D eigenvalue weighted by Gasteiger charge is 2.38. The maximum Gasteiger partial charge on any atom is 0.329 e. The van der Waals surface area contributed by atoms with Gasteiger partial charge in [-0.25, -0.2) is 4.79 Å². The van der Waals surface area contributed by atoms with Gasteiger partial charge in [-0.15, -0.1) is 0 Å². The number of fused-ring (bicyclic) bond motifs is 1. The molecule has 37 heavy (non-hydrogen) atoms. The van der Waals surface area contributed by atoms with E-state index in [1.54, 1.807) is 31.9 Å². The lowest BCUT2D eigenvalue weighted by Crippen LogP contribution is -2.50. The Bertz CT molecular complexity index is 1130. The molecule has 1 aliphatic rings. The summed E-state index contributed by atoms with van der Waals surface area (Å²) in [5, 5.41) is 4.11. The number of likely N-dealkylation sites (tertiary alicyclic amines) is 1. The summed E-state index contributed by atoms with van der Waals surface area (Å²) in [5.41, 5.74) is -0.205. The normalized spacial score (nSPS) is 17.9. The van der Waals surface area contributed by atoms with Crippen molar-refractivity contribution in [2.75, 3.05) is 13.1 Å². The van der Waals surface area contributed by atoms with Crippen LogP contribution in [0.25, 0.3) is 10.9 Å². The van der Waals surface area contributed by atoms with Gasteiger partial charge in [0.25, 0.3) is 0 Å². The summed E-state index contributed by atoms with van der Waals surface area (Å²) in [4.78, 5) is 55.1. The molecule has 9 heteroatoms. The van der Waals surface area contributed by atoms with Gasteiger partial charge in [-0.2, -0.15) is 0 Å². The number of amides is 1. The van der Waals surface area contributed by atoms with Gasteiger partial charge >= 0.3 is 11.9 Å². The Morgan fingerprint density at radius 1 is 1.16 bits per heavy atom. The number of aromatic nitrogens is 1. The van der Waals surface area contributed by atoms with Crippen LogP contribution < -0.4 is 5.32 Å². The average molecular weight is 514 g/mol. The number of nitrogens with one attached hydrogen (secondary N) is 2. The number of rotatable bonds is 10. The smallest absolute Gasteiger partial charge is 0.329 e. The summed E-state index contributed by atoms with van der Waals surface area (Å²) in [6.45, 7) is 11.1. The zero-order valence-electron chi connectivity index (χ0n) is 22.6. The van der Waals surface area contributed by atoms with E-state index in [1.165, 1.54) is 0 Å². The third-order valence-electron chi connectivity index (χ3n) is 6.40. The van der Waals surface area contributed by atoms with Crippen molar-refractivity contribution in [1.82, 2.24) is 15.2 Å². The fraction of sp³-hybridized carbons (Fsp3) is 0.571. The molecule has 0 aliphatic carbocycles. The number of esters is 2. The molecule has 1 amide bonds. The standard InChI is InChI=1S/C28H39N3O6/c1-18(24(33)31-15-9-12-23(31)26(35)36-27(2,3)4)29-14-13-20(25(34)37-28(5,6)17-32)21-16-30-22-11-8-7-10-19(21)22/h7-8,10-11,16-18,20,23,29-30H,9,12-15H2,1-6H3/t18-,20?,23-/m0/s1. The molecule has 0 spiro atoms. The van der Waals surface area contributed by atoms with Crippen LogP contribution in [0.1, 0.15) is 72.3 Å². The summed E-state index contributed by atoms with van der Waals surface area (Å²) in [6, 6.07) is 6.50. The molecular weight excluding hydrogens is 474 g/mol. The van der Waals surface area contributed by atoms with Crippen LogP contribution in [0.3, 0.4) is 0 Å². The lowest BCUT2D eigenvalue weighted by Gasteiger charge is -2.29. The molecule has 1 fully saturated rings. The molecule has 1 aliphatic heterocycles. The number of ether oxygens (including phenoxy) is 2. The summed E-state index contributed by atoms with van der Waals surface area (Å²) in [6.07, 6.45) is 4.06.